The minimum absolute atomic E-state index is 0.166. The van der Waals surface area contributed by atoms with Crippen LogP contribution in [0.4, 0.5) is 0 Å². The van der Waals surface area contributed by atoms with Crippen LogP contribution in [0.3, 0.4) is 0 Å². The Morgan fingerprint density at radius 2 is 1.86 bits per heavy atom. The Kier molecular flexibility index (Phi) is 7.48. The molecule has 5 heteroatoms. The first-order valence-electron chi connectivity index (χ1n) is 9.70. The van der Waals surface area contributed by atoms with Gasteiger partial charge in [0.15, 0.2) is 0 Å². The second kappa shape index (κ2) is 10.7. The number of hydrogen-bond donors (Lipinski definition) is 1. The van der Waals surface area contributed by atoms with E-state index in [1.807, 2.05) is 42.5 Å². The summed E-state index contributed by atoms with van der Waals surface area (Å²) in [4.78, 5) is 16.4. The van der Waals surface area contributed by atoms with Crippen LogP contribution in [0, 0.1) is 11.8 Å². The quantitative estimate of drug-likeness (QED) is 0.463. The number of amides is 1. The topological polar surface area (TPSA) is 60.5 Å². The highest BCUT2D eigenvalue weighted by atomic mass is 16.5. The normalized spacial score (nSPS) is 10.1. The molecular formula is C24H24N2O3. The summed E-state index contributed by atoms with van der Waals surface area (Å²) in [6.45, 7) is 3.32. The number of hydrogen-bond acceptors (Lipinski definition) is 4. The van der Waals surface area contributed by atoms with E-state index in [0.29, 0.717) is 12.2 Å². The predicted octanol–water partition coefficient (Wildman–Crippen LogP) is 4.23. The fraction of sp³-hybridized carbons (Fsp3) is 0.250. The van der Waals surface area contributed by atoms with Crippen LogP contribution in [0.25, 0.3) is 10.9 Å². The lowest BCUT2D eigenvalue weighted by Crippen LogP contribution is -2.23. The van der Waals surface area contributed by atoms with Gasteiger partial charge >= 0.3 is 0 Å². The van der Waals surface area contributed by atoms with Gasteiger partial charge in [-0.2, -0.15) is 0 Å². The number of rotatable bonds is 8. The van der Waals surface area contributed by atoms with Crippen LogP contribution >= 0.6 is 0 Å². The third-order valence-electron chi connectivity index (χ3n) is 4.23. The second-order valence-electron chi connectivity index (χ2n) is 6.41. The molecule has 0 unspecified atom stereocenters. The highest BCUT2D eigenvalue weighted by molar-refractivity contribution is 5.94. The van der Waals surface area contributed by atoms with Crippen LogP contribution in [0.2, 0.25) is 0 Å². The van der Waals surface area contributed by atoms with Gasteiger partial charge in [0.25, 0.3) is 5.91 Å². The first kappa shape index (κ1) is 20.2. The van der Waals surface area contributed by atoms with Crippen molar-refractivity contribution in [2.75, 3.05) is 19.8 Å². The monoisotopic (exact) mass is 388 g/mol. The van der Waals surface area contributed by atoms with Crippen molar-refractivity contribution in [2.45, 2.75) is 19.8 Å². The summed E-state index contributed by atoms with van der Waals surface area (Å²) in [7, 11) is 0. The van der Waals surface area contributed by atoms with E-state index in [1.54, 1.807) is 18.3 Å². The molecule has 0 bridgehead atoms. The molecule has 0 fully saturated rings. The van der Waals surface area contributed by atoms with Gasteiger partial charge in [0, 0.05) is 23.2 Å². The molecule has 0 aliphatic rings. The number of carbonyl (C=O) groups excluding carboxylic acids is 1. The van der Waals surface area contributed by atoms with Crippen LogP contribution in [-0.2, 0) is 0 Å². The van der Waals surface area contributed by atoms with Gasteiger partial charge in [0.1, 0.15) is 18.1 Å². The molecule has 0 atom stereocenters. The summed E-state index contributed by atoms with van der Waals surface area (Å²) in [5.41, 5.74) is 1.46. The van der Waals surface area contributed by atoms with E-state index < -0.39 is 0 Å². The Hall–Kier alpha value is -3.52. The van der Waals surface area contributed by atoms with Gasteiger partial charge in [-0.3, -0.25) is 9.78 Å². The molecule has 0 aliphatic heterocycles. The van der Waals surface area contributed by atoms with Crippen LogP contribution < -0.4 is 14.8 Å². The van der Waals surface area contributed by atoms with Crippen molar-refractivity contribution in [1.82, 2.24) is 10.3 Å². The number of pyridine rings is 1. The molecule has 1 N–H and O–H groups in total. The SMILES string of the molecule is CCCCOc1ccc(C(=O)NCC#CCOc2ccc3cccnc3c2)cc1. The Bertz CT molecular complexity index is 1000. The largest absolute Gasteiger partial charge is 0.494 e. The van der Waals surface area contributed by atoms with Crippen LogP contribution in [0.1, 0.15) is 30.1 Å². The number of ether oxygens (including phenoxy) is 2. The summed E-state index contributed by atoms with van der Waals surface area (Å²) < 4.78 is 11.2. The third kappa shape index (κ3) is 6.25. The summed E-state index contributed by atoms with van der Waals surface area (Å²) in [6, 6.07) is 16.8. The molecule has 2 aromatic carbocycles. The molecular weight excluding hydrogens is 364 g/mol. The van der Waals surface area contributed by atoms with Crippen molar-refractivity contribution < 1.29 is 14.3 Å². The van der Waals surface area contributed by atoms with E-state index >= 15 is 0 Å². The zero-order valence-corrected chi connectivity index (χ0v) is 16.5. The molecule has 1 heterocycles. The van der Waals surface area contributed by atoms with Crippen LogP contribution in [-0.4, -0.2) is 30.6 Å². The van der Waals surface area contributed by atoms with Gasteiger partial charge in [-0.15, -0.1) is 0 Å². The number of nitrogens with zero attached hydrogens (tertiary/aromatic N) is 1. The average Bonchev–Trinajstić information content (AvgIpc) is 2.76. The van der Waals surface area contributed by atoms with E-state index in [0.717, 1.165) is 35.2 Å². The van der Waals surface area contributed by atoms with Gasteiger partial charge in [-0.1, -0.05) is 31.3 Å². The van der Waals surface area contributed by atoms with E-state index in [9.17, 15) is 4.79 Å². The molecule has 1 amide bonds. The number of carbonyl (C=O) groups is 1. The van der Waals surface area contributed by atoms with Gasteiger partial charge in [0.2, 0.25) is 0 Å². The fourth-order valence-corrected chi connectivity index (χ4v) is 2.63. The summed E-state index contributed by atoms with van der Waals surface area (Å²) in [5.74, 6) is 7.12. The van der Waals surface area contributed by atoms with E-state index in [4.69, 9.17) is 9.47 Å². The molecule has 148 valence electrons. The first-order chi connectivity index (χ1) is 14.3. The van der Waals surface area contributed by atoms with Crippen molar-refractivity contribution >= 4 is 16.8 Å². The zero-order valence-electron chi connectivity index (χ0n) is 16.5. The lowest BCUT2D eigenvalue weighted by Gasteiger charge is -2.06. The number of unbranched alkanes of at least 4 members (excludes halogenated alkanes) is 1. The van der Waals surface area contributed by atoms with E-state index in [1.165, 1.54) is 0 Å². The molecule has 0 spiro atoms. The molecule has 0 saturated carbocycles. The highest BCUT2D eigenvalue weighted by Crippen LogP contribution is 2.18. The number of aromatic nitrogens is 1. The Labute approximate surface area is 171 Å². The molecule has 1 aromatic heterocycles. The zero-order chi connectivity index (χ0) is 20.3. The Balaban J connectivity index is 1.40. The molecule has 3 rings (SSSR count). The summed E-state index contributed by atoms with van der Waals surface area (Å²) in [6.07, 6.45) is 3.86. The summed E-state index contributed by atoms with van der Waals surface area (Å²) in [5, 5.41) is 3.84. The van der Waals surface area contributed by atoms with Crippen LogP contribution in [0.5, 0.6) is 11.5 Å². The molecule has 0 saturated heterocycles. The third-order valence-corrected chi connectivity index (χ3v) is 4.23. The smallest absolute Gasteiger partial charge is 0.252 e. The maximum Gasteiger partial charge on any atom is 0.252 e. The van der Waals surface area contributed by atoms with Gasteiger partial charge in [-0.25, -0.2) is 0 Å². The second-order valence-corrected chi connectivity index (χ2v) is 6.41. The Morgan fingerprint density at radius 3 is 2.69 bits per heavy atom. The molecule has 0 radical (unpaired) electrons. The minimum Gasteiger partial charge on any atom is -0.494 e. The maximum absolute atomic E-state index is 12.1. The Morgan fingerprint density at radius 1 is 1.03 bits per heavy atom. The van der Waals surface area contributed by atoms with Gasteiger partial charge in [-0.05, 0) is 48.9 Å². The van der Waals surface area contributed by atoms with Crippen molar-refractivity contribution in [2.24, 2.45) is 0 Å². The standard InChI is InChI=1S/C24H24N2O3/c1-2-3-16-28-21-11-9-20(10-12-21)24(27)26-14-4-5-17-29-22-13-8-19-7-6-15-25-23(19)18-22/h6-13,15,18H,2-3,14,16-17H2,1H3,(H,26,27). The van der Waals surface area contributed by atoms with Crippen molar-refractivity contribution in [3.05, 3.63) is 66.4 Å². The lowest BCUT2D eigenvalue weighted by molar-refractivity contribution is 0.0958. The number of nitrogens with one attached hydrogen (secondary N) is 1. The minimum atomic E-state index is -0.166. The highest BCUT2D eigenvalue weighted by Gasteiger charge is 2.04. The summed E-state index contributed by atoms with van der Waals surface area (Å²) >= 11 is 0. The van der Waals surface area contributed by atoms with Crippen molar-refractivity contribution in [3.8, 4) is 23.3 Å². The van der Waals surface area contributed by atoms with Crippen molar-refractivity contribution in [1.29, 1.82) is 0 Å². The molecule has 0 aliphatic carbocycles. The number of fused-ring (bicyclic) bond motifs is 1. The maximum atomic E-state index is 12.1. The first-order valence-corrected chi connectivity index (χ1v) is 9.70. The van der Waals surface area contributed by atoms with E-state index in [2.05, 4.69) is 29.1 Å². The number of benzene rings is 2. The van der Waals surface area contributed by atoms with E-state index in [-0.39, 0.29) is 19.1 Å². The van der Waals surface area contributed by atoms with Crippen molar-refractivity contribution in [3.63, 3.8) is 0 Å². The molecule has 3 aromatic rings. The van der Waals surface area contributed by atoms with Gasteiger partial charge in [0.05, 0.1) is 18.7 Å². The molecule has 5 nitrogen and oxygen atoms in total. The lowest BCUT2D eigenvalue weighted by atomic mass is 10.2. The molecule has 29 heavy (non-hydrogen) atoms. The predicted molar refractivity (Wildman–Crippen MR) is 114 cm³/mol. The van der Waals surface area contributed by atoms with Crippen LogP contribution in [0.15, 0.2) is 60.8 Å². The van der Waals surface area contributed by atoms with Gasteiger partial charge < -0.3 is 14.8 Å². The fourth-order valence-electron chi connectivity index (χ4n) is 2.63. The average molecular weight is 388 g/mol.